The van der Waals surface area contributed by atoms with Crippen molar-refractivity contribution in [1.82, 2.24) is 0 Å². The molecule has 0 aromatic heterocycles. The number of rotatable bonds is 12. The fraction of sp³-hybridized carbons (Fsp3) is 0.105. The molecule has 0 saturated carbocycles. The molecule has 4 nitrogen and oxygen atoms in total. The molecule has 0 atom stereocenters. The van der Waals surface area contributed by atoms with Crippen molar-refractivity contribution in [3.05, 3.63) is 155 Å². The molecule has 0 N–H and O–H groups in total. The van der Waals surface area contributed by atoms with E-state index >= 15 is 0 Å². The summed E-state index contributed by atoms with van der Waals surface area (Å²) in [5.41, 5.74) is 6.25. The zero-order chi connectivity index (χ0) is 29.0. The van der Waals surface area contributed by atoms with E-state index in [0.29, 0.717) is 13.2 Å². The first kappa shape index (κ1) is 28.3. The lowest BCUT2D eigenvalue weighted by Gasteiger charge is -2.11. The first-order valence-electron chi connectivity index (χ1n) is 13.9. The van der Waals surface area contributed by atoms with Gasteiger partial charge >= 0.3 is 0 Å². The van der Waals surface area contributed by atoms with Crippen LogP contribution in [0.1, 0.15) is 33.4 Å². The van der Waals surface area contributed by atoms with E-state index < -0.39 is 0 Å². The van der Waals surface area contributed by atoms with Gasteiger partial charge in [-0.3, -0.25) is 0 Å². The van der Waals surface area contributed by atoms with Crippen molar-refractivity contribution < 1.29 is 18.9 Å². The zero-order valence-electron chi connectivity index (χ0n) is 23.9. The smallest absolute Gasteiger partial charge is 0.126 e. The van der Waals surface area contributed by atoms with Gasteiger partial charge in [0, 0.05) is 11.1 Å². The van der Waals surface area contributed by atoms with Crippen LogP contribution in [0.3, 0.4) is 0 Å². The Morgan fingerprint density at radius 3 is 1.19 bits per heavy atom. The van der Waals surface area contributed by atoms with Crippen molar-refractivity contribution in [3.63, 3.8) is 0 Å². The van der Waals surface area contributed by atoms with Crippen LogP contribution < -0.4 is 18.9 Å². The second-order valence-electron chi connectivity index (χ2n) is 9.69. The van der Waals surface area contributed by atoms with E-state index in [9.17, 15) is 0 Å². The molecule has 5 aromatic rings. The summed E-state index contributed by atoms with van der Waals surface area (Å²) in [7, 11) is 3.36. The van der Waals surface area contributed by atoms with Gasteiger partial charge in [0.25, 0.3) is 0 Å². The molecule has 0 aliphatic rings. The highest BCUT2D eigenvalue weighted by molar-refractivity contribution is 5.79. The molecule has 0 radical (unpaired) electrons. The van der Waals surface area contributed by atoms with Gasteiger partial charge in [0.05, 0.1) is 14.2 Å². The van der Waals surface area contributed by atoms with Gasteiger partial charge in [0.15, 0.2) is 0 Å². The summed E-state index contributed by atoms with van der Waals surface area (Å²) in [4.78, 5) is 0. The monoisotopic (exact) mass is 554 g/mol. The van der Waals surface area contributed by atoms with Crippen LogP contribution in [0.5, 0.6) is 23.0 Å². The lowest BCUT2D eigenvalue weighted by molar-refractivity contribution is 0.306. The normalized spacial score (nSPS) is 11.1. The lowest BCUT2D eigenvalue weighted by atomic mass is 10.1. The molecule has 0 aliphatic heterocycles. The molecule has 0 spiro atoms. The summed E-state index contributed by atoms with van der Waals surface area (Å²) in [5, 5.41) is 0. The van der Waals surface area contributed by atoms with Gasteiger partial charge in [-0.25, -0.2) is 0 Å². The number of hydrogen-bond acceptors (Lipinski definition) is 4. The van der Waals surface area contributed by atoms with Crippen molar-refractivity contribution in [2.45, 2.75) is 13.2 Å². The van der Waals surface area contributed by atoms with Crippen molar-refractivity contribution in [3.8, 4) is 23.0 Å². The van der Waals surface area contributed by atoms with E-state index in [-0.39, 0.29) is 0 Å². The maximum absolute atomic E-state index is 5.90. The molecule has 210 valence electrons. The highest BCUT2D eigenvalue weighted by atomic mass is 16.5. The second-order valence-corrected chi connectivity index (χ2v) is 9.69. The van der Waals surface area contributed by atoms with E-state index in [4.69, 9.17) is 18.9 Å². The number of hydrogen-bond donors (Lipinski definition) is 0. The second kappa shape index (κ2) is 14.4. The van der Waals surface area contributed by atoms with Crippen LogP contribution in [-0.2, 0) is 13.2 Å². The Kier molecular flexibility index (Phi) is 9.72. The Bertz CT molecular complexity index is 1480. The maximum atomic E-state index is 5.90. The third-order valence-electron chi connectivity index (χ3n) is 6.75. The first-order valence-corrected chi connectivity index (χ1v) is 13.9. The topological polar surface area (TPSA) is 36.9 Å². The molecule has 5 aromatic carbocycles. The van der Waals surface area contributed by atoms with Crippen molar-refractivity contribution in [2.24, 2.45) is 0 Å². The predicted octanol–water partition coefficient (Wildman–Crippen LogP) is 9.20. The highest BCUT2D eigenvalue weighted by Crippen LogP contribution is 2.32. The molecular formula is C38H34O4. The summed E-state index contributed by atoms with van der Waals surface area (Å²) < 4.78 is 23.3. The minimum atomic E-state index is 0.544. The largest absolute Gasteiger partial charge is 0.496 e. The van der Waals surface area contributed by atoms with Crippen LogP contribution in [0.25, 0.3) is 24.3 Å². The third-order valence-corrected chi connectivity index (χ3v) is 6.75. The van der Waals surface area contributed by atoms with E-state index in [1.165, 1.54) is 0 Å². The van der Waals surface area contributed by atoms with Gasteiger partial charge in [-0.2, -0.15) is 0 Å². The molecule has 0 unspecified atom stereocenters. The van der Waals surface area contributed by atoms with Crippen LogP contribution in [0.4, 0.5) is 0 Å². The maximum Gasteiger partial charge on any atom is 0.126 e. The fourth-order valence-electron chi connectivity index (χ4n) is 4.41. The number of ether oxygens (including phenoxy) is 4. The Labute approximate surface area is 248 Å². The lowest BCUT2D eigenvalue weighted by Crippen LogP contribution is -1.94. The van der Waals surface area contributed by atoms with Crippen LogP contribution in [0.2, 0.25) is 0 Å². The van der Waals surface area contributed by atoms with Gasteiger partial charge in [0.2, 0.25) is 0 Å². The van der Waals surface area contributed by atoms with Gasteiger partial charge in [0.1, 0.15) is 36.2 Å². The summed E-state index contributed by atoms with van der Waals surface area (Å²) >= 11 is 0. The molecule has 0 aliphatic carbocycles. The van der Waals surface area contributed by atoms with Gasteiger partial charge < -0.3 is 18.9 Å². The van der Waals surface area contributed by atoms with Gasteiger partial charge in [-0.15, -0.1) is 0 Å². The van der Waals surface area contributed by atoms with E-state index in [1.54, 1.807) is 14.2 Å². The van der Waals surface area contributed by atoms with E-state index in [2.05, 4.69) is 36.4 Å². The molecule has 5 rings (SSSR count). The van der Waals surface area contributed by atoms with Crippen LogP contribution in [0, 0.1) is 0 Å². The summed E-state index contributed by atoms with van der Waals surface area (Å²) in [6, 6.07) is 40.4. The summed E-state index contributed by atoms with van der Waals surface area (Å²) in [6.45, 7) is 1.09. The van der Waals surface area contributed by atoms with Gasteiger partial charge in [-0.05, 0) is 58.7 Å². The van der Waals surface area contributed by atoms with Crippen LogP contribution in [-0.4, -0.2) is 14.2 Å². The Morgan fingerprint density at radius 2 is 0.833 bits per heavy atom. The van der Waals surface area contributed by atoms with Crippen molar-refractivity contribution in [1.29, 1.82) is 0 Å². The summed E-state index contributed by atoms with van der Waals surface area (Å²) in [6.07, 6.45) is 8.16. The van der Waals surface area contributed by atoms with E-state index in [1.807, 2.05) is 109 Å². The van der Waals surface area contributed by atoms with Crippen molar-refractivity contribution >= 4 is 24.3 Å². The standard InChI is InChI=1S/C38H34O4/c1-39-37-25-34(20-14-30-17-23-36(24-18-30)42-28-32-11-7-4-8-12-32)38(40-2)26-33(37)19-13-29-15-21-35(22-16-29)41-27-31-9-5-3-6-10-31/h3-26H,27-28H2,1-2H3/b19-13+,20-14+. The molecular weight excluding hydrogens is 520 g/mol. The Morgan fingerprint density at radius 1 is 0.452 bits per heavy atom. The SMILES string of the molecule is COc1cc(/C=C/c2ccc(OCc3ccccc3)cc2)c(OC)cc1/C=C/c1ccc(OCc2ccccc2)cc1. The molecule has 42 heavy (non-hydrogen) atoms. The highest BCUT2D eigenvalue weighted by Gasteiger charge is 2.08. The first-order chi connectivity index (χ1) is 20.7. The van der Waals surface area contributed by atoms with Crippen LogP contribution in [0.15, 0.2) is 121 Å². The van der Waals surface area contributed by atoms with E-state index in [0.717, 1.165) is 56.4 Å². The average Bonchev–Trinajstić information content (AvgIpc) is 3.06. The zero-order valence-corrected chi connectivity index (χ0v) is 23.9. The minimum absolute atomic E-state index is 0.544. The van der Waals surface area contributed by atoms with Gasteiger partial charge in [-0.1, -0.05) is 109 Å². The third kappa shape index (κ3) is 7.92. The summed E-state index contributed by atoms with van der Waals surface area (Å²) in [5.74, 6) is 3.19. The molecule has 4 heteroatoms. The fourth-order valence-corrected chi connectivity index (χ4v) is 4.41. The number of benzene rings is 5. The molecule has 0 saturated heterocycles. The quantitative estimate of drug-likeness (QED) is 0.144. The molecule has 0 fully saturated rings. The average molecular weight is 555 g/mol. The Balaban J connectivity index is 1.23. The van der Waals surface area contributed by atoms with Crippen LogP contribution >= 0.6 is 0 Å². The molecule has 0 heterocycles. The predicted molar refractivity (Wildman–Crippen MR) is 172 cm³/mol. The number of methoxy groups -OCH3 is 2. The Hall–Kier alpha value is -5.22. The minimum Gasteiger partial charge on any atom is -0.496 e. The van der Waals surface area contributed by atoms with Crippen molar-refractivity contribution in [2.75, 3.05) is 14.2 Å². The molecule has 0 bridgehead atoms. The molecule has 0 amide bonds.